The van der Waals surface area contributed by atoms with E-state index in [1.165, 1.54) is 31.9 Å². The minimum Gasteiger partial charge on any atom is -0.496 e. The molecule has 1 atom stereocenters. The molecule has 1 heterocycles. The van der Waals surface area contributed by atoms with Crippen LogP contribution in [0.3, 0.4) is 0 Å². The van der Waals surface area contributed by atoms with Gasteiger partial charge in [-0.05, 0) is 56.0 Å². The number of aliphatic hydroxyl groups is 1. The largest absolute Gasteiger partial charge is 0.496 e. The highest BCUT2D eigenvalue weighted by Crippen LogP contribution is 2.44. The summed E-state index contributed by atoms with van der Waals surface area (Å²) in [7, 11) is 1.30. The Labute approximate surface area is 170 Å². The Balaban J connectivity index is 2.24. The molecule has 1 aromatic carbocycles. The molecule has 2 rings (SSSR count). The van der Waals surface area contributed by atoms with Crippen molar-refractivity contribution in [3.63, 3.8) is 0 Å². The quantitative estimate of drug-likeness (QED) is 0.621. The summed E-state index contributed by atoms with van der Waals surface area (Å²) in [5.41, 5.74) is -4.38. The van der Waals surface area contributed by atoms with Gasteiger partial charge in [-0.15, -0.1) is 0 Å². The number of halogens is 7. The van der Waals surface area contributed by atoms with Crippen LogP contribution in [-0.4, -0.2) is 54.7 Å². The zero-order valence-corrected chi connectivity index (χ0v) is 17.0. The van der Waals surface area contributed by atoms with Crippen LogP contribution in [0.1, 0.15) is 38.7 Å². The summed E-state index contributed by atoms with van der Waals surface area (Å²) < 4.78 is 99.0. The molecule has 0 aliphatic carbocycles. The molecule has 1 aliphatic heterocycles. The van der Waals surface area contributed by atoms with E-state index in [2.05, 4.69) is 0 Å². The third-order valence-corrected chi connectivity index (χ3v) is 5.69. The summed E-state index contributed by atoms with van der Waals surface area (Å²) in [6.45, 7) is 1.59. The van der Waals surface area contributed by atoms with Crippen LogP contribution in [-0.2, 0) is 5.41 Å². The lowest BCUT2D eigenvalue weighted by Gasteiger charge is -2.42. The average molecular weight is 445 g/mol. The van der Waals surface area contributed by atoms with Crippen LogP contribution in [0.15, 0.2) is 18.2 Å². The molecule has 3 nitrogen and oxygen atoms in total. The fourth-order valence-electron chi connectivity index (χ4n) is 4.07. The van der Waals surface area contributed by atoms with Gasteiger partial charge in [-0.2, -0.15) is 26.3 Å². The fourth-order valence-corrected chi connectivity index (χ4v) is 4.07. The maximum absolute atomic E-state index is 13.9. The molecule has 0 radical (unpaired) electrons. The van der Waals surface area contributed by atoms with Crippen LogP contribution >= 0.6 is 0 Å². The van der Waals surface area contributed by atoms with Crippen molar-refractivity contribution in [2.45, 2.75) is 56.5 Å². The molecule has 1 aliphatic rings. The highest BCUT2D eigenvalue weighted by atomic mass is 19.4. The first-order valence-electron chi connectivity index (χ1n) is 9.51. The van der Waals surface area contributed by atoms with E-state index in [-0.39, 0.29) is 37.2 Å². The summed E-state index contributed by atoms with van der Waals surface area (Å²) >= 11 is 0. The van der Waals surface area contributed by atoms with Crippen molar-refractivity contribution >= 4 is 0 Å². The van der Waals surface area contributed by atoms with Crippen LogP contribution in [0, 0.1) is 11.7 Å². The monoisotopic (exact) mass is 445 g/mol. The molecule has 1 fully saturated rings. The molecule has 172 valence electrons. The maximum Gasteiger partial charge on any atom is 0.418 e. The summed E-state index contributed by atoms with van der Waals surface area (Å²) in [4.78, 5) is 1.20. The van der Waals surface area contributed by atoms with E-state index in [4.69, 9.17) is 4.74 Å². The van der Waals surface area contributed by atoms with Gasteiger partial charge in [0.25, 0.3) is 0 Å². The van der Waals surface area contributed by atoms with Gasteiger partial charge in [-0.3, -0.25) is 0 Å². The zero-order valence-electron chi connectivity index (χ0n) is 17.0. The predicted molar refractivity (Wildman–Crippen MR) is 96.8 cm³/mol. The lowest BCUT2D eigenvalue weighted by Crippen LogP contribution is -2.57. The van der Waals surface area contributed by atoms with E-state index >= 15 is 0 Å². The first kappa shape index (κ1) is 24.7. The molecule has 1 saturated heterocycles. The van der Waals surface area contributed by atoms with Crippen molar-refractivity contribution in [3.05, 3.63) is 29.6 Å². The van der Waals surface area contributed by atoms with Crippen LogP contribution < -0.4 is 4.74 Å². The molecular weight excluding hydrogens is 419 g/mol. The van der Waals surface area contributed by atoms with Gasteiger partial charge in [0.1, 0.15) is 11.6 Å². The summed E-state index contributed by atoms with van der Waals surface area (Å²) in [6, 6.07) is 3.46. The Kier molecular flexibility index (Phi) is 7.03. The van der Waals surface area contributed by atoms with Crippen molar-refractivity contribution in [2.75, 3.05) is 26.7 Å². The number of nitrogens with zero attached hydrogens (tertiary/aromatic N) is 1. The number of rotatable bonds is 6. The number of alkyl halides is 6. The van der Waals surface area contributed by atoms with Crippen LogP contribution in [0.5, 0.6) is 5.75 Å². The number of likely N-dealkylation sites (tertiary alicyclic amines) is 1. The van der Waals surface area contributed by atoms with E-state index in [1.807, 2.05) is 0 Å². The molecule has 0 amide bonds. The minimum absolute atomic E-state index is 0.156. The molecule has 0 saturated carbocycles. The predicted octanol–water partition coefficient (Wildman–Crippen LogP) is 5.07. The Bertz CT molecular complexity index is 725. The van der Waals surface area contributed by atoms with E-state index in [0.717, 1.165) is 12.1 Å². The third kappa shape index (κ3) is 5.57. The Morgan fingerprint density at radius 1 is 1.07 bits per heavy atom. The number of piperidine rings is 1. The van der Waals surface area contributed by atoms with Crippen LogP contribution in [0.2, 0.25) is 0 Å². The third-order valence-electron chi connectivity index (χ3n) is 5.69. The molecule has 0 bridgehead atoms. The summed E-state index contributed by atoms with van der Waals surface area (Å²) in [5, 5.41) is 10.6. The molecule has 30 heavy (non-hydrogen) atoms. The maximum atomic E-state index is 13.9. The second-order valence-electron chi connectivity index (χ2n) is 8.53. The van der Waals surface area contributed by atoms with Gasteiger partial charge < -0.3 is 14.7 Å². The number of methoxy groups -OCH3 is 1. The fraction of sp³-hybridized carbons (Fsp3) is 0.700. The molecule has 0 spiro atoms. The first-order valence-corrected chi connectivity index (χ1v) is 9.51. The minimum atomic E-state index is -5.04. The van der Waals surface area contributed by atoms with Gasteiger partial charge in [0.05, 0.1) is 13.0 Å². The van der Waals surface area contributed by atoms with Gasteiger partial charge in [0, 0.05) is 12.1 Å². The van der Waals surface area contributed by atoms with Crippen molar-refractivity contribution in [1.29, 1.82) is 0 Å². The van der Waals surface area contributed by atoms with Crippen molar-refractivity contribution < 1.29 is 40.6 Å². The molecule has 0 aromatic heterocycles. The lowest BCUT2D eigenvalue weighted by atomic mass is 9.74. The van der Waals surface area contributed by atoms with Gasteiger partial charge in [-0.1, -0.05) is 13.8 Å². The lowest BCUT2D eigenvalue weighted by molar-refractivity contribution is -0.273. The number of hydrogen-bond donors (Lipinski definition) is 1. The number of β-amino-alcohol motifs (C(OH)–C–C–N with tert-alkyl or cyclic N) is 1. The Hall–Kier alpha value is -1.55. The smallest absolute Gasteiger partial charge is 0.418 e. The van der Waals surface area contributed by atoms with Gasteiger partial charge in [0.15, 0.2) is 5.60 Å². The van der Waals surface area contributed by atoms with Gasteiger partial charge in [-0.25, -0.2) is 4.39 Å². The van der Waals surface area contributed by atoms with Gasteiger partial charge in [0.2, 0.25) is 0 Å². The molecule has 1 unspecified atom stereocenters. The second-order valence-corrected chi connectivity index (χ2v) is 8.53. The molecule has 1 N–H and O–H groups in total. The number of hydrogen-bond acceptors (Lipinski definition) is 3. The van der Waals surface area contributed by atoms with Crippen LogP contribution in [0.4, 0.5) is 30.7 Å². The summed E-state index contributed by atoms with van der Waals surface area (Å²) in [6.07, 6.45) is -10.9. The van der Waals surface area contributed by atoms with Crippen molar-refractivity contribution in [2.24, 2.45) is 5.92 Å². The van der Waals surface area contributed by atoms with E-state index in [0.29, 0.717) is 0 Å². The topological polar surface area (TPSA) is 32.7 Å². The SMILES string of the molecule is COc1ccc(F)cc1C(C)(C)CC(O)(CN1CCC(C(F)(F)F)CC1)C(F)(F)F. The van der Waals surface area contributed by atoms with Crippen molar-refractivity contribution in [1.82, 2.24) is 4.90 Å². The summed E-state index contributed by atoms with van der Waals surface area (Å²) in [5.74, 6) is -2.04. The highest BCUT2D eigenvalue weighted by Gasteiger charge is 2.57. The number of benzene rings is 1. The Morgan fingerprint density at radius 2 is 1.63 bits per heavy atom. The van der Waals surface area contributed by atoms with Crippen molar-refractivity contribution in [3.8, 4) is 5.75 Å². The second kappa shape index (κ2) is 8.53. The van der Waals surface area contributed by atoms with E-state index in [1.54, 1.807) is 0 Å². The molecule has 1 aromatic rings. The molecular formula is C20H26F7NO2. The zero-order chi connectivity index (χ0) is 23.0. The Morgan fingerprint density at radius 3 is 2.10 bits per heavy atom. The standard InChI is InChI=1S/C20H26F7NO2/c1-17(2,15-10-14(21)4-5-16(15)30-3)11-18(29,20(25,26)27)12-28-8-6-13(7-9-28)19(22,23)24/h4-5,10,13,29H,6-9,11-12H2,1-3H3. The first-order chi connectivity index (χ1) is 13.6. The normalized spacial score (nSPS) is 19.6. The average Bonchev–Trinajstić information content (AvgIpc) is 2.60. The number of ether oxygens (including phenoxy) is 1. The van der Waals surface area contributed by atoms with Gasteiger partial charge >= 0.3 is 12.4 Å². The van der Waals surface area contributed by atoms with E-state index < -0.39 is 48.1 Å². The van der Waals surface area contributed by atoms with E-state index in [9.17, 15) is 35.8 Å². The molecule has 10 heteroatoms. The van der Waals surface area contributed by atoms with Crippen LogP contribution in [0.25, 0.3) is 0 Å². The highest BCUT2D eigenvalue weighted by molar-refractivity contribution is 5.39.